The molecule has 18 heavy (non-hydrogen) atoms. The maximum Gasteiger partial charge on any atom is 0.306 e. The molecule has 0 amide bonds. The number of hydrogen-bond donors (Lipinski definition) is 0. The average molecular weight is 258 g/mol. The minimum absolute atomic E-state index is 0.0405. The van der Waals surface area contributed by atoms with Crippen LogP contribution in [-0.2, 0) is 19.1 Å². The van der Waals surface area contributed by atoms with Gasteiger partial charge in [-0.2, -0.15) is 0 Å². The van der Waals surface area contributed by atoms with Gasteiger partial charge < -0.3 is 9.47 Å². The summed E-state index contributed by atoms with van der Waals surface area (Å²) in [6.45, 7) is 10.1. The highest BCUT2D eigenvalue weighted by atomic mass is 16.5. The van der Waals surface area contributed by atoms with E-state index in [1.165, 1.54) is 0 Å². The lowest BCUT2D eigenvalue weighted by molar-refractivity contribution is -0.150. The summed E-state index contributed by atoms with van der Waals surface area (Å²) in [5, 5.41) is 0. The molecule has 0 rings (SSSR count). The van der Waals surface area contributed by atoms with Crippen molar-refractivity contribution in [1.82, 2.24) is 0 Å². The molecule has 2 unspecified atom stereocenters. The van der Waals surface area contributed by atoms with Crippen LogP contribution in [0.25, 0.3) is 0 Å². The molecule has 0 spiro atoms. The minimum atomic E-state index is -0.243. The van der Waals surface area contributed by atoms with Crippen molar-refractivity contribution >= 4 is 11.9 Å². The Labute approximate surface area is 110 Å². The first-order valence-electron chi connectivity index (χ1n) is 6.70. The van der Waals surface area contributed by atoms with Gasteiger partial charge in [0.05, 0.1) is 12.7 Å². The van der Waals surface area contributed by atoms with Gasteiger partial charge in [0.2, 0.25) is 0 Å². The zero-order valence-corrected chi connectivity index (χ0v) is 12.2. The lowest BCUT2D eigenvalue weighted by Gasteiger charge is -2.14. The van der Waals surface area contributed by atoms with Crippen molar-refractivity contribution in [2.45, 2.75) is 60.0 Å². The van der Waals surface area contributed by atoms with Crippen LogP contribution in [0.3, 0.4) is 0 Å². The molecule has 0 heterocycles. The van der Waals surface area contributed by atoms with Gasteiger partial charge in [-0.3, -0.25) is 9.59 Å². The Kier molecular flexibility index (Phi) is 8.42. The van der Waals surface area contributed by atoms with Crippen molar-refractivity contribution in [3.05, 3.63) is 0 Å². The first-order valence-corrected chi connectivity index (χ1v) is 6.70. The van der Waals surface area contributed by atoms with Crippen LogP contribution in [0.4, 0.5) is 0 Å². The Morgan fingerprint density at radius 1 is 1.00 bits per heavy atom. The number of esters is 2. The zero-order chi connectivity index (χ0) is 14.1. The molecule has 4 heteroatoms. The molecule has 0 fully saturated rings. The Hall–Kier alpha value is -1.06. The van der Waals surface area contributed by atoms with Gasteiger partial charge in [0.15, 0.2) is 0 Å². The van der Waals surface area contributed by atoms with E-state index in [9.17, 15) is 9.59 Å². The molecule has 0 aromatic carbocycles. The van der Waals surface area contributed by atoms with E-state index in [0.717, 1.165) is 6.42 Å². The Balaban J connectivity index is 3.85. The summed E-state index contributed by atoms with van der Waals surface area (Å²) < 4.78 is 10.2. The van der Waals surface area contributed by atoms with Crippen molar-refractivity contribution in [3.63, 3.8) is 0 Å². The molecule has 0 aromatic heterocycles. The predicted molar refractivity (Wildman–Crippen MR) is 70.0 cm³/mol. The van der Waals surface area contributed by atoms with Crippen molar-refractivity contribution in [1.29, 1.82) is 0 Å². The highest BCUT2D eigenvalue weighted by Gasteiger charge is 2.16. The summed E-state index contributed by atoms with van der Waals surface area (Å²) in [6, 6.07) is 0. The van der Waals surface area contributed by atoms with Gasteiger partial charge in [0.25, 0.3) is 0 Å². The minimum Gasteiger partial charge on any atom is -0.465 e. The topological polar surface area (TPSA) is 52.6 Å². The fourth-order valence-electron chi connectivity index (χ4n) is 1.32. The molecule has 0 saturated carbocycles. The van der Waals surface area contributed by atoms with E-state index in [4.69, 9.17) is 9.47 Å². The first kappa shape index (κ1) is 16.9. The SMILES string of the molecule is CCC(C)OC(=O)CC(C)CC(=O)OCC(C)C. The van der Waals surface area contributed by atoms with Crippen molar-refractivity contribution in [2.24, 2.45) is 11.8 Å². The first-order chi connectivity index (χ1) is 8.35. The van der Waals surface area contributed by atoms with Gasteiger partial charge in [-0.15, -0.1) is 0 Å². The highest BCUT2D eigenvalue weighted by molar-refractivity contribution is 5.73. The highest BCUT2D eigenvalue weighted by Crippen LogP contribution is 2.11. The number of carbonyl (C=O) groups excluding carboxylic acids is 2. The van der Waals surface area contributed by atoms with Crippen molar-refractivity contribution in [2.75, 3.05) is 6.61 Å². The van der Waals surface area contributed by atoms with Gasteiger partial charge in [-0.25, -0.2) is 0 Å². The summed E-state index contributed by atoms with van der Waals surface area (Å²) in [5.41, 5.74) is 0. The molecule has 0 aromatic rings. The quantitative estimate of drug-likeness (QED) is 0.628. The van der Waals surface area contributed by atoms with Gasteiger partial charge in [-0.05, 0) is 25.2 Å². The third kappa shape index (κ3) is 9.02. The lowest BCUT2D eigenvalue weighted by Crippen LogP contribution is -2.19. The standard InChI is InChI=1S/C14H26O4/c1-6-12(5)18-14(16)8-11(4)7-13(15)17-9-10(2)3/h10-12H,6-9H2,1-5H3. The third-order valence-corrected chi connectivity index (χ3v) is 2.52. The van der Waals surface area contributed by atoms with Gasteiger partial charge >= 0.3 is 11.9 Å². The molecule has 0 aliphatic carbocycles. The van der Waals surface area contributed by atoms with Gasteiger partial charge in [0, 0.05) is 12.8 Å². The van der Waals surface area contributed by atoms with E-state index >= 15 is 0 Å². The van der Waals surface area contributed by atoms with Crippen LogP contribution < -0.4 is 0 Å². The fraction of sp³-hybridized carbons (Fsp3) is 0.857. The molecule has 2 atom stereocenters. The van der Waals surface area contributed by atoms with Crippen LogP contribution in [0.5, 0.6) is 0 Å². The van der Waals surface area contributed by atoms with Crippen LogP contribution in [0.1, 0.15) is 53.9 Å². The molecule has 0 saturated heterocycles. The summed E-state index contributed by atoms with van der Waals surface area (Å²) in [7, 11) is 0. The largest absolute Gasteiger partial charge is 0.465 e. The summed E-state index contributed by atoms with van der Waals surface area (Å²) in [5.74, 6) is -0.193. The second kappa shape index (κ2) is 8.95. The maximum absolute atomic E-state index is 11.5. The van der Waals surface area contributed by atoms with Crippen LogP contribution in [0.15, 0.2) is 0 Å². The van der Waals surface area contributed by atoms with Crippen LogP contribution in [0, 0.1) is 11.8 Å². The molecule has 0 aliphatic rings. The molecule has 0 aliphatic heterocycles. The molecular formula is C14H26O4. The van der Waals surface area contributed by atoms with Crippen molar-refractivity contribution < 1.29 is 19.1 Å². The summed E-state index contributed by atoms with van der Waals surface area (Å²) in [6.07, 6.45) is 1.28. The fourth-order valence-corrected chi connectivity index (χ4v) is 1.32. The normalized spacial score (nSPS) is 14.1. The number of hydrogen-bond acceptors (Lipinski definition) is 4. The second-order valence-corrected chi connectivity index (χ2v) is 5.30. The number of carbonyl (C=O) groups is 2. The monoisotopic (exact) mass is 258 g/mol. The molecule has 0 bridgehead atoms. The third-order valence-electron chi connectivity index (χ3n) is 2.52. The van der Waals surface area contributed by atoms with E-state index in [0.29, 0.717) is 12.5 Å². The van der Waals surface area contributed by atoms with Crippen molar-refractivity contribution in [3.8, 4) is 0 Å². The van der Waals surface area contributed by atoms with Crippen LogP contribution >= 0.6 is 0 Å². The average Bonchev–Trinajstić information content (AvgIpc) is 2.25. The van der Waals surface area contributed by atoms with Crippen LogP contribution in [0.2, 0.25) is 0 Å². The van der Waals surface area contributed by atoms with E-state index in [2.05, 4.69) is 0 Å². The molecule has 4 nitrogen and oxygen atoms in total. The zero-order valence-electron chi connectivity index (χ0n) is 12.2. The predicted octanol–water partition coefficient (Wildman–Crippen LogP) is 2.94. The van der Waals surface area contributed by atoms with E-state index in [1.54, 1.807) is 0 Å². The van der Waals surface area contributed by atoms with Gasteiger partial charge in [-0.1, -0.05) is 27.7 Å². The summed E-state index contributed by atoms with van der Waals surface area (Å²) in [4.78, 5) is 22.9. The van der Waals surface area contributed by atoms with Crippen LogP contribution in [-0.4, -0.2) is 24.6 Å². The summed E-state index contributed by atoms with van der Waals surface area (Å²) >= 11 is 0. The Morgan fingerprint density at radius 2 is 1.56 bits per heavy atom. The number of rotatable bonds is 8. The Bertz CT molecular complexity index is 261. The van der Waals surface area contributed by atoms with E-state index in [-0.39, 0.29) is 36.8 Å². The van der Waals surface area contributed by atoms with E-state index < -0.39 is 0 Å². The number of ether oxygens (including phenoxy) is 2. The molecule has 0 N–H and O–H groups in total. The lowest BCUT2D eigenvalue weighted by atomic mass is 10.0. The van der Waals surface area contributed by atoms with Gasteiger partial charge in [0.1, 0.15) is 0 Å². The molecule has 0 radical (unpaired) electrons. The second-order valence-electron chi connectivity index (χ2n) is 5.30. The maximum atomic E-state index is 11.5. The molecular weight excluding hydrogens is 232 g/mol. The van der Waals surface area contributed by atoms with E-state index in [1.807, 2.05) is 34.6 Å². The smallest absolute Gasteiger partial charge is 0.306 e. The Morgan fingerprint density at radius 3 is 2.06 bits per heavy atom. The molecule has 106 valence electrons.